The number of aryl methyl sites for hydroxylation is 1. The second-order valence-corrected chi connectivity index (χ2v) is 3.73. The van der Waals surface area contributed by atoms with Crippen LogP contribution >= 0.6 is 0 Å². The monoisotopic (exact) mass is 248 g/mol. The van der Waals surface area contributed by atoms with E-state index in [-0.39, 0.29) is 6.42 Å². The molecule has 7 nitrogen and oxygen atoms in total. The van der Waals surface area contributed by atoms with Crippen LogP contribution in [0.15, 0.2) is 23.5 Å². The van der Waals surface area contributed by atoms with Crippen molar-refractivity contribution < 1.29 is 14.4 Å². The van der Waals surface area contributed by atoms with Gasteiger partial charge in [-0.25, -0.2) is 9.78 Å². The van der Waals surface area contributed by atoms with Gasteiger partial charge in [-0.05, 0) is 13.3 Å². The normalized spacial score (nSPS) is 12.3. The standard InChI is InChI=1S/C11H12N4O3/c1-3-4-7(11(16)17)14-9-8-6(2)15-18-10(8)13-5-12-9/h3,5,7H,1,4H2,2H3,(H,16,17)(H,12,13,14). The van der Waals surface area contributed by atoms with Crippen LogP contribution in [-0.2, 0) is 4.79 Å². The van der Waals surface area contributed by atoms with Crippen LogP contribution in [0.4, 0.5) is 5.82 Å². The molecule has 0 fully saturated rings. The molecule has 18 heavy (non-hydrogen) atoms. The van der Waals surface area contributed by atoms with Gasteiger partial charge >= 0.3 is 5.97 Å². The van der Waals surface area contributed by atoms with E-state index in [4.69, 9.17) is 9.63 Å². The van der Waals surface area contributed by atoms with Crippen LogP contribution in [0, 0.1) is 6.92 Å². The molecule has 1 unspecified atom stereocenters. The lowest BCUT2D eigenvalue weighted by atomic mass is 10.2. The number of fused-ring (bicyclic) bond motifs is 1. The van der Waals surface area contributed by atoms with Crippen LogP contribution in [0.1, 0.15) is 12.1 Å². The van der Waals surface area contributed by atoms with Crippen LogP contribution in [0.5, 0.6) is 0 Å². The minimum absolute atomic E-state index is 0.283. The first-order valence-electron chi connectivity index (χ1n) is 5.30. The van der Waals surface area contributed by atoms with Gasteiger partial charge in [0.25, 0.3) is 5.71 Å². The first kappa shape index (κ1) is 12.0. The van der Waals surface area contributed by atoms with Crippen molar-refractivity contribution in [3.63, 3.8) is 0 Å². The molecule has 0 saturated carbocycles. The topological polar surface area (TPSA) is 101 Å². The lowest BCUT2D eigenvalue weighted by molar-refractivity contribution is -0.137. The molecule has 1 atom stereocenters. The van der Waals surface area contributed by atoms with E-state index < -0.39 is 12.0 Å². The zero-order chi connectivity index (χ0) is 13.1. The Morgan fingerprint density at radius 3 is 3.11 bits per heavy atom. The highest BCUT2D eigenvalue weighted by Crippen LogP contribution is 2.23. The van der Waals surface area contributed by atoms with Crippen molar-refractivity contribution in [1.82, 2.24) is 15.1 Å². The van der Waals surface area contributed by atoms with E-state index in [1.807, 2.05) is 0 Å². The number of carboxylic acid groups (broad SMARTS) is 1. The van der Waals surface area contributed by atoms with Gasteiger partial charge in [0.15, 0.2) is 0 Å². The lowest BCUT2D eigenvalue weighted by Crippen LogP contribution is -2.29. The molecule has 0 aliphatic heterocycles. The molecule has 0 aromatic carbocycles. The molecule has 2 aromatic heterocycles. The van der Waals surface area contributed by atoms with Crippen molar-refractivity contribution in [2.24, 2.45) is 0 Å². The number of rotatable bonds is 5. The van der Waals surface area contributed by atoms with Crippen molar-refractivity contribution >= 4 is 22.9 Å². The average Bonchev–Trinajstić information content (AvgIpc) is 2.71. The third kappa shape index (κ3) is 2.15. The van der Waals surface area contributed by atoms with E-state index in [1.165, 1.54) is 12.4 Å². The number of carbonyl (C=O) groups is 1. The predicted molar refractivity (Wildman–Crippen MR) is 64.2 cm³/mol. The zero-order valence-electron chi connectivity index (χ0n) is 9.75. The number of carboxylic acids is 1. The molecule has 0 aliphatic rings. The van der Waals surface area contributed by atoms with E-state index in [1.54, 1.807) is 6.92 Å². The minimum Gasteiger partial charge on any atom is -0.480 e. The van der Waals surface area contributed by atoms with Gasteiger partial charge in [-0.2, -0.15) is 4.98 Å². The Labute approximate surface area is 103 Å². The summed E-state index contributed by atoms with van der Waals surface area (Å²) in [5.41, 5.74) is 0.934. The lowest BCUT2D eigenvalue weighted by Gasteiger charge is -2.13. The van der Waals surface area contributed by atoms with Gasteiger partial charge in [0.05, 0.1) is 5.69 Å². The maximum absolute atomic E-state index is 11.1. The summed E-state index contributed by atoms with van der Waals surface area (Å²) in [5.74, 6) is -0.580. The Bertz CT molecular complexity index is 593. The third-order valence-electron chi connectivity index (χ3n) is 2.45. The molecule has 0 saturated heterocycles. The summed E-state index contributed by atoms with van der Waals surface area (Å²) in [7, 11) is 0. The predicted octanol–water partition coefficient (Wildman–Crippen LogP) is 1.37. The maximum atomic E-state index is 11.1. The van der Waals surface area contributed by atoms with E-state index in [2.05, 4.69) is 27.0 Å². The van der Waals surface area contributed by atoms with E-state index in [0.29, 0.717) is 22.6 Å². The number of aliphatic carboxylic acids is 1. The summed E-state index contributed by atoms with van der Waals surface area (Å²) in [6.07, 6.45) is 3.11. The first-order valence-corrected chi connectivity index (χ1v) is 5.30. The van der Waals surface area contributed by atoms with Gasteiger partial charge in [0.2, 0.25) is 0 Å². The number of hydrogen-bond donors (Lipinski definition) is 2. The molecule has 2 rings (SSSR count). The molecule has 0 amide bonds. The fourth-order valence-electron chi connectivity index (χ4n) is 1.58. The molecule has 2 aromatic rings. The van der Waals surface area contributed by atoms with Crippen molar-refractivity contribution in [1.29, 1.82) is 0 Å². The SMILES string of the molecule is C=CCC(Nc1ncnc2onc(C)c12)C(=O)O. The van der Waals surface area contributed by atoms with Gasteiger partial charge in [0.1, 0.15) is 23.6 Å². The van der Waals surface area contributed by atoms with Crippen molar-refractivity contribution in [3.05, 3.63) is 24.7 Å². The Morgan fingerprint density at radius 2 is 2.44 bits per heavy atom. The quantitative estimate of drug-likeness (QED) is 0.770. The van der Waals surface area contributed by atoms with Gasteiger partial charge in [-0.15, -0.1) is 6.58 Å². The average molecular weight is 248 g/mol. The highest BCUT2D eigenvalue weighted by Gasteiger charge is 2.19. The van der Waals surface area contributed by atoms with E-state index in [0.717, 1.165) is 0 Å². The first-order chi connectivity index (χ1) is 8.63. The second kappa shape index (κ2) is 4.82. The third-order valence-corrected chi connectivity index (χ3v) is 2.45. The Hall–Kier alpha value is -2.44. The molecule has 94 valence electrons. The fourth-order valence-corrected chi connectivity index (χ4v) is 1.58. The van der Waals surface area contributed by atoms with Crippen LogP contribution < -0.4 is 5.32 Å². The number of nitrogens with one attached hydrogen (secondary N) is 1. The smallest absolute Gasteiger partial charge is 0.326 e. The van der Waals surface area contributed by atoms with Gasteiger partial charge in [0, 0.05) is 0 Å². The molecule has 0 radical (unpaired) electrons. The zero-order valence-corrected chi connectivity index (χ0v) is 9.75. The minimum atomic E-state index is -0.976. The van der Waals surface area contributed by atoms with Gasteiger partial charge in [-0.3, -0.25) is 0 Å². The summed E-state index contributed by atoms with van der Waals surface area (Å²) < 4.78 is 4.98. The van der Waals surface area contributed by atoms with Gasteiger partial charge < -0.3 is 14.9 Å². The summed E-state index contributed by atoms with van der Waals surface area (Å²) >= 11 is 0. The van der Waals surface area contributed by atoms with E-state index >= 15 is 0 Å². The number of hydrogen-bond acceptors (Lipinski definition) is 6. The van der Waals surface area contributed by atoms with Crippen molar-refractivity contribution in [3.8, 4) is 0 Å². The second-order valence-electron chi connectivity index (χ2n) is 3.73. The van der Waals surface area contributed by atoms with Crippen molar-refractivity contribution in [2.75, 3.05) is 5.32 Å². The molecule has 0 aliphatic carbocycles. The molecule has 2 heterocycles. The maximum Gasteiger partial charge on any atom is 0.326 e. The molecular formula is C11H12N4O3. The molecule has 0 spiro atoms. The Kier molecular flexibility index (Phi) is 3.22. The summed E-state index contributed by atoms with van der Waals surface area (Å²) in [5, 5.41) is 16.3. The molecule has 7 heteroatoms. The highest BCUT2D eigenvalue weighted by molar-refractivity contribution is 5.89. The van der Waals surface area contributed by atoms with Crippen LogP contribution in [0.2, 0.25) is 0 Å². The summed E-state index contributed by atoms with van der Waals surface area (Å²) in [6.45, 7) is 5.27. The molecule has 0 bridgehead atoms. The number of anilines is 1. The van der Waals surface area contributed by atoms with E-state index in [9.17, 15) is 4.79 Å². The summed E-state index contributed by atoms with van der Waals surface area (Å²) in [4.78, 5) is 19.0. The van der Waals surface area contributed by atoms with Crippen LogP contribution in [0.3, 0.4) is 0 Å². The Morgan fingerprint density at radius 1 is 1.67 bits per heavy atom. The number of aromatic nitrogens is 3. The van der Waals surface area contributed by atoms with Crippen LogP contribution in [-0.4, -0.2) is 32.2 Å². The highest BCUT2D eigenvalue weighted by atomic mass is 16.5. The van der Waals surface area contributed by atoms with Crippen LogP contribution in [0.25, 0.3) is 11.1 Å². The van der Waals surface area contributed by atoms with Crippen molar-refractivity contribution in [2.45, 2.75) is 19.4 Å². The van der Waals surface area contributed by atoms with Gasteiger partial charge in [-0.1, -0.05) is 11.2 Å². The Balaban J connectivity index is 2.38. The summed E-state index contributed by atoms with van der Waals surface area (Å²) in [6, 6.07) is -0.796. The number of nitrogens with zero attached hydrogens (tertiary/aromatic N) is 3. The molecular weight excluding hydrogens is 236 g/mol. The fraction of sp³-hybridized carbons (Fsp3) is 0.273. The largest absolute Gasteiger partial charge is 0.480 e. The molecule has 2 N–H and O–H groups in total.